The quantitative estimate of drug-likeness (QED) is 0.318. The Hall–Kier alpha value is -3.89. The molecule has 1 aliphatic heterocycles. The van der Waals surface area contributed by atoms with Crippen molar-refractivity contribution in [1.82, 2.24) is 29.5 Å². The SMILES string of the molecule is COc1ccnc([C@H](C2CCOCC2)n2c3cc(-c4c(C)nnn4C)c(F)cc3c3ncc(C(C)(C)O)cc32)c1. The Morgan fingerprint density at radius 3 is 2.58 bits per heavy atom. The fourth-order valence-corrected chi connectivity index (χ4v) is 5.90. The van der Waals surface area contributed by atoms with Gasteiger partial charge in [-0.25, -0.2) is 9.07 Å². The first-order valence-electron chi connectivity index (χ1n) is 13.5. The van der Waals surface area contributed by atoms with Crippen molar-refractivity contribution in [1.29, 1.82) is 0 Å². The van der Waals surface area contributed by atoms with Crippen LogP contribution in [0.3, 0.4) is 0 Å². The lowest BCUT2D eigenvalue weighted by Crippen LogP contribution is -2.27. The summed E-state index contributed by atoms with van der Waals surface area (Å²) in [5.41, 5.74) is 4.33. The average molecular weight is 545 g/mol. The Morgan fingerprint density at radius 1 is 1.12 bits per heavy atom. The van der Waals surface area contributed by atoms with Crippen molar-refractivity contribution in [3.8, 4) is 17.0 Å². The molecule has 6 rings (SSSR count). The smallest absolute Gasteiger partial charge is 0.133 e. The molecule has 4 aromatic heterocycles. The summed E-state index contributed by atoms with van der Waals surface area (Å²) >= 11 is 0. The van der Waals surface area contributed by atoms with Gasteiger partial charge < -0.3 is 19.1 Å². The van der Waals surface area contributed by atoms with Crippen LogP contribution in [0.15, 0.2) is 42.7 Å². The summed E-state index contributed by atoms with van der Waals surface area (Å²) in [5, 5.41) is 19.8. The second-order valence-electron chi connectivity index (χ2n) is 11.0. The molecule has 208 valence electrons. The van der Waals surface area contributed by atoms with Crippen molar-refractivity contribution in [2.75, 3.05) is 20.3 Å². The molecule has 1 N–H and O–H groups in total. The first-order valence-corrected chi connectivity index (χ1v) is 13.5. The van der Waals surface area contributed by atoms with E-state index in [9.17, 15) is 5.11 Å². The van der Waals surface area contributed by atoms with E-state index < -0.39 is 5.60 Å². The molecule has 10 heteroatoms. The van der Waals surface area contributed by atoms with Crippen LogP contribution in [0.4, 0.5) is 4.39 Å². The van der Waals surface area contributed by atoms with E-state index in [1.807, 2.05) is 31.2 Å². The fourth-order valence-electron chi connectivity index (χ4n) is 5.90. The monoisotopic (exact) mass is 544 g/mol. The topological polar surface area (TPSA) is 100 Å². The number of ether oxygens (including phenoxy) is 2. The Bertz CT molecular complexity index is 1700. The number of aliphatic hydroxyl groups is 1. The number of benzene rings is 1. The van der Waals surface area contributed by atoms with Crippen LogP contribution >= 0.6 is 0 Å². The van der Waals surface area contributed by atoms with E-state index in [2.05, 4.69) is 14.9 Å². The molecule has 0 aliphatic carbocycles. The number of hydrogen-bond donors (Lipinski definition) is 1. The Kier molecular flexibility index (Phi) is 6.54. The van der Waals surface area contributed by atoms with Crippen LogP contribution < -0.4 is 4.74 Å². The van der Waals surface area contributed by atoms with Crippen molar-refractivity contribution in [2.45, 2.75) is 45.3 Å². The molecule has 1 atom stereocenters. The molecule has 0 bridgehead atoms. The van der Waals surface area contributed by atoms with E-state index in [4.69, 9.17) is 19.4 Å². The molecule has 1 saturated heterocycles. The van der Waals surface area contributed by atoms with Crippen LogP contribution in [-0.2, 0) is 17.4 Å². The summed E-state index contributed by atoms with van der Waals surface area (Å²) in [6.45, 7) is 6.59. The maximum atomic E-state index is 15.8. The van der Waals surface area contributed by atoms with Crippen molar-refractivity contribution in [3.05, 3.63) is 65.5 Å². The minimum absolute atomic E-state index is 0.187. The largest absolute Gasteiger partial charge is 0.497 e. The third kappa shape index (κ3) is 4.41. The standard InChI is InChI=1S/C30H33FN6O3/c1-17-28(36(4)35-34-17)21-15-25-22(14-23(21)31)27-26(12-19(16-33-27)30(2,3)38)37(25)29(18-7-10-40-11-8-18)24-13-20(39-5)6-9-32-24/h6,9,12-16,18,29,38H,7-8,10-11H2,1-5H3/t29-/m0/s1. The van der Waals surface area contributed by atoms with Gasteiger partial charge in [0.05, 0.1) is 52.4 Å². The van der Waals surface area contributed by atoms with Gasteiger partial charge in [0.1, 0.15) is 11.6 Å². The van der Waals surface area contributed by atoms with Crippen molar-refractivity contribution < 1.29 is 19.0 Å². The minimum atomic E-state index is -1.11. The number of aryl methyl sites for hydroxylation is 2. The Morgan fingerprint density at radius 2 is 1.90 bits per heavy atom. The van der Waals surface area contributed by atoms with Gasteiger partial charge in [-0.1, -0.05) is 5.21 Å². The fraction of sp³-hybridized carbons (Fsp3) is 0.400. The summed E-state index contributed by atoms with van der Waals surface area (Å²) in [5.74, 6) is 0.517. The van der Waals surface area contributed by atoms with E-state index in [0.29, 0.717) is 52.4 Å². The first-order chi connectivity index (χ1) is 19.2. The number of fused-ring (bicyclic) bond motifs is 3. The number of rotatable bonds is 6. The van der Waals surface area contributed by atoms with Gasteiger partial charge in [-0.3, -0.25) is 9.97 Å². The number of pyridine rings is 2. The van der Waals surface area contributed by atoms with Crippen molar-refractivity contribution in [2.24, 2.45) is 13.0 Å². The van der Waals surface area contributed by atoms with Gasteiger partial charge in [-0.2, -0.15) is 0 Å². The summed E-state index contributed by atoms with van der Waals surface area (Å²) < 4.78 is 30.9. The highest BCUT2D eigenvalue weighted by atomic mass is 19.1. The minimum Gasteiger partial charge on any atom is -0.497 e. The number of aromatic nitrogens is 6. The molecule has 9 nitrogen and oxygen atoms in total. The number of nitrogens with zero attached hydrogens (tertiary/aromatic N) is 6. The molecule has 0 radical (unpaired) electrons. The zero-order valence-electron chi connectivity index (χ0n) is 23.3. The zero-order chi connectivity index (χ0) is 28.2. The molecule has 1 aliphatic rings. The maximum absolute atomic E-state index is 15.8. The molecule has 0 amide bonds. The van der Waals surface area contributed by atoms with E-state index in [1.165, 1.54) is 0 Å². The molecule has 0 spiro atoms. The molecular weight excluding hydrogens is 511 g/mol. The van der Waals surface area contributed by atoms with Gasteiger partial charge in [0, 0.05) is 55.2 Å². The number of hydrogen-bond acceptors (Lipinski definition) is 7. The van der Waals surface area contributed by atoms with Gasteiger partial charge in [-0.15, -0.1) is 5.10 Å². The molecule has 0 unspecified atom stereocenters. The average Bonchev–Trinajstić information content (AvgIpc) is 3.44. The highest BCUT2D eigenvalue weighted by molar-refractivity contribution is 6.07. The van der Waals surface area contributed by atoms with E-state index in [0.717, 1.165) is 29.6 Å². The molecule has 0 saturated carbocycles. The molecule has 40 heavy (non-hydrogen) atoms. The highest BCUT2D eigenvalue weighted by Gasteiger charge is 2.33. The number of halogens is 1. The maximum Gasteiger partial charge on any atom is 0.133 e. The third-order valence-electron chi connectivity index (χ3n) is 7.97. The first kappa shape index (κ1) is 26.3. The lowest BCUT2D eigenvalue weighted by atomic mass is 9.88. The van der Waals surface area contributed by atoms with Crippen molar-refractivity contribution in [3.63, 3.8) is 0 Å². The van der Waals surface area contributed by atoms with Gasteiger partial charge in [0.15, 0.2) is 0 Å². The lowest BCUT2D eigenvalue weighted by Gasteiger charge is -2.32. The normalized spacial score (nSPS) is 15.7. The van der Waals surface area contributed by atoms with Crippen LogP contribution in [0, 0.1) is 18.7 Å². The predicted octanol–water partition coefficient (Wildman–Crippen LogP) is 5.08. The Labute approximate surface area is 231 Å². The van der Waals surface area contributed by atoms with Gasteiger partial charge in [0.2, 0.25) is 0 Å². The van der Waals surface area contributed by atoms with Gasteiger partial charge >= 0.3 is 0 Å². The zero-order valence-corrected chi connectivity index (χ0v) is 23.3. The van der Waals surface area contributed by atoms with Gasteiger partial charge in [-0.05, 0) is 63.8 Å². The summed E-state index contributed by atoms with van der Waals surface area (Å²) in [4.78, 5) is 9.58. The molecule has 5 heterocycles. The van der Waals surface area contributed by atoms with Crippen LogP contribution in [-0.4, -0.2) is 55.0 Å². The predicted molar refractivity (Wildman–Crippen MR) is 150 cm³/mol. The molecule has 1 aromatic carbocycles. The second-order valence-corrected chi connectivity index (χ2v) is 11.0. The second kappa shape index (κ2) is 9.94. The van der Waals surface area contributed by atoms with E-state index in [-0.39, 0.29) is 17.8 Å². The summed E-state index contributed by atoms with van der Waals surface area (Å²) in [7, 11) is 3.40. The van der Waals surface area contributed by atoms with Crippen LogP contribution in [0.1, 0.15) is 49.7 Å². The Balaban J connectivity index is 1.72. The van der Waals surface area contributed by atoms with Crippen LogP contribution in [0.25, 0.3) is 33.2 Å². The van der Waals surface area contributed by atoms with Crippen molar-refractivity contribution >= 4 is 21.9 Å². The molecular formula is C30H33FN6O3. The highest BCUT2D eigenvalue weighted by Crippen LogP contribution is 2.42. The molecule has 1 fully saturated rings. The van der Waals surface area contributed by atoms with Gasteiger partial charge in [0.25, 0.3) is 0 Å². The molecule has 5 aromatic rings. The van der Waals surface area contributed by atoms with Crippen LogP contribution in [0.2, 0.25) is 0 Å². The number of methoxy groups -OCH3 is 1. The third-order valence-corrected chi connectivity index (χ3v) is 7.97. The van der Waals surface area contributed by atoms with Crippen LogP contribution in [0.5, 0.6) is 5.75 Å². The summed E-state index contributed by atoms with van der Waals surface area (Å²) in [6, 6.07) is 8.95. The van der Waals surface area contributed by atoms with E-state index >= 15 is 4.39 Å². The summed E-state index contributed by atoms with van der Waals surface area (Å²) in [6.07, 6.45) is 5.09. The van der Waals surface area contributed by atoms with E-state index in [1.54, 1.807) is 51.1 Å². The lowest BCUT2D eigenvalue weighted by molar-refractivity contribution is 0.0547.